The molecular weight excluding hydrogens is 570 g/mol. The Morgan fingerprint density at radius 3 is 2.36 bits per heavy atom. The van der Waals surface area contributed by atoms with Crippen molar-refractivity contribution >= 4 is 57.8 Å². The first-order valence-corrected chi connectivity index (χ1v) is 15.2. The lowest BCUT2D eigenvalue weighted by molar-refractivity contribution is -0.124. The predicted molar refractivity (Wildman–Crippen MR) is 173 cm³/mol. The molecular formula is C32H36ClN5O3S. The van der Waals surface area contributed by atoms with Crippen LogP contribution in [0.3, 0.4) is 0 Å². The van der Waals surface area contributed by atoms with Gasteiger partial charge in [0.2, 0.25) is 5.91 Å². The van der Waals surface area contributed by atoms with E-state index in [4.69, 9.17) is 28.6 Å². The maximum atomic E-state index is 13.7. The third-order valence-corrected chi connectivity index (χ3v) is 8.23. The number of benzene rings is 3. The summed E-state index contributed by atoms with van der Waals surface area (Å²) in [6.07, 6.45) is 0.804. The Hall–Kier alpha value is -3.66. The van der Waals surface area contributed by atoms with Crippen LogP contribution >= 0.6 is 23.8 Å². The standard InChI is InChI=1S/C32H36ClN5O3S/c1-2-41-28-14-12-25(13-15-28)34-30(39)23-29-31(40)38(27-11-6-8-24(33)22-27)32(42)37(29)17-7-16-35-18-20-36(21-19-35)26-9-4-3-5-10-26/h3-6,8-15,22,29H,2,7,16-21,23H2,1H3,(H,34,39)/t29-/m1/s1. The average molecular weight is 606 g/mol. The zero-order valence-corrected chi connectivity index (χ0v) is 25.3. The van der Waals surface area contributed by atoms with Gasteiger partial charge in [-0.3, -0.25) is 19.4 Å². The fourth-order valence-corrected chi connectivity index (χ4v) is 6.06. The normalized spacial score (nSPS) is 17.6. The topological polar surface area (TPSA) is 68.4 Å². The molecule has 0 bridgehead atoms. The Bertz CT molecular complexity index is 1380. The number of para-hydroxylation sites is 1. The molecule has 8 nitrogen and oxygen atoms in total. The van der Waals surface area contributed by atoms with Gasteiger partial charge in [-0.1, -0.05) is 35.9 Å². The van der Waals surface area contributed by atoms with Crippen LogP contribution in [0, 0.1) is 0 Å². The molecule has 0 spiro atoms. The third-order valence-electron chi connectivity index (χ3n) is 7.58. The van der Waals surface area contributed by atoms with E-state index in [0.29, 0.717) is 34.7 Å². The Balaban J connectivity index is 1.22. The maximum Gasteiger partial charge on any atom is 0.256 e. The number of piperazine rings is 1. The van der Waals surface area contributed by atoms with Gasteiger partial charge >= 0.3 is 0 Å². The van der Waals surface area contributed by atoms with Gasteiger partial charge in [0.15, 0.2) is 5.11 Å². The van der Waals surface area contributed by atoms with E-state index in [1.165, 1.54) is 10.6 Å². The quantitative estimate of drug-likeness (QED) is 0.298. The van der Waals surface area contributed by atoms with E-state index in [1.807, 2.05) is 36.1 Å². The number of rotatable bonds is 11. The summed E-state index contributed by atoms with van der Waals surface area (Å²) in [7, 11) is 0. The van der Waals surface area contributed by atoms with Crippen molar-refractivity contribution < 1.29 is 14.3 Å². The highest BCUT2D eigenvalue weighted by molar-refractivity contribution is 7.80. The van der Waals surface area contributed by atoms with E-state index in [1.54, 1.807) is 30.3 Å². The van der Waals surface area contributed by atoms with Crippen molar-refractivity contribution in [2.75, 3.05) is 61.0 Å². The lowest BCUT2D eigenvalue weighted by Gasteiger charge is -2.36. The molecule has 2 aliphatic rings. The van der Waals surface area contributed by atoms with Crippen molar-refractivity contribution in [2.45, 2.75) is 25.8 Å². The van der Waals surface area contributed by atoms with Crippen LogP contribution in [0.2, 0.25) is 5.02 Å². The number of nitrogens with zero attached hydrogens (tertiary/aromatic N) is 4. The molecule has 1 N–H and O–H groups in total. The van der Waals surface area contributed by atoms with Gasteiger partial charge in [0.25, 0.3) is 5.91 Å². The first kappa shape index (κ1) is 29.8. The van der Waals surface area contributed by atoms with Gasteiger partial charge in [0.05, 0.1) is 18.7 Å². The molecule has 2 heterocycles. The Labute approximate surface area is 257 Å². The van der Waals surface area contributed by atoms with Crippen LogP contribution in [0.15, 0.2) is 78.9 Å². The predicted octanol–water partition coefficient (Wildman–Crippen LogP) is 5.28. The minimum Gasteiger partial charge on any atom is -0.494 e. The SMILES string of the molecule is CCOc1ccc(NC(=O)C[C@@H]2C(=O)N(c3cccc(Cl)c3)C(=S)N2CCCN2CCN(c3ccccc3)CC2)cc1. The molecule has 0 radical (unpaired) electrons. The van der Waals surface area contributed by atoms with Gasteiger partial charge in [-0.2, -0.15) is 0 Å². The first-order valence-electron chi connectivity index (χ1n) is 14.4. The number of thiocarbonyl (C=S) groups is 1. The van der Waals surface area contributed by atoms with Crippen molar-refractivity contribution in [3.63, 3.8) is 0 Å². The highest BCUT2D eigenvalue weighted by Gasteiger charge is 2.44. The number of amides is 2. The van der Waals surface area contributed by atoms with Crippen LogP contribution in [0.5, 0.6) is 5.75 Å². The fraction of sp³-hybridized carbons (Fsp3) is 0.344. The smallest absolute Gasteiger partial charge is 0.256 e. The monoisotopic (exact) mass is 605 g/mol. The van der Waals surface area contributed by atoms with E-state index in [2.05, 4.69) is 39.4 Å². The number of hydrogen-bond acceptors (Lipinski definition) is 6. The van der Waals surface area contributed by atoms with Gasteiger partial charge < -0.3 is 19.9 Å². The lowest BCUT2D eigenvalue weighted by Crippen LogP contribution is -2.47. The first-order chi connectivity index (χ1) is 20.4. The molecule has 220 valence electrons. The Morgan fingerprint density at radius 2 is 1.67 bits per heavy atom. The Kier molecular flexibility index (Phi) is 9.94. The van der Waals surface area contributed by atoms with E-state index < -0.39 is 6.04 Å². The molecule has 42 heavy (non-hydrogen) atoms. The molecule has 1 atom stereocenters. The average Bonchev–Trinajstić information content (AvgIpc) is 3.23. The van der Waals surface area contributed by atoms with Crippen molar-refractivity contribution in [1.29, 1.82) is 0 Å². The molecule has 0 saturated carbocycles. The summed E-state index contributed by atoms with van der Waals surface area (Å²) in [6, 6.07) is 24.1. The van der Waals surface area contributed by atoms with Gasteiger partial charge in [0, 0.05) is 49.1 Å². The second-order valence-electron chi connectivity index (χ2n) is 10.4. The molecule has 3 aromatic rings. The molecule has 2 saturated heterocycles. The number of halogens is 1. The number of carbonyl (C=O) groups is 2. The zero-order chi connectivity index (χ0) is 29.5. The fourth-order valence-electron chi connectivity index (χ4n) is 5.46. The summed E-state index contributed by atoms with van der Waals surface area (Å²) in [5.41, 5.74) is 2.50. The van der Waals surface area contributed by atoms with Gasteiger partial charge in [-0.05, 0) is 86.7 Å². The molecule has 3 aromatic carbocycles. The van der Waals surface area contributed by atoms with Crippen molar-refractivity contribution in [1.82, 2.24) is 9.80 Å². The van der Waals surface area contributed by atoms with E-state index in [9.17, 15) is 9.59 Å². The summed E-state index contributed by atoms with van der Waals surface area (Å²) < 4.78 is 5.48. The molecule has 2 amide bonds. The Morgan fingerprint density at radius 1 is 0.952 bits per heavy atom. The number of nitrogens with one attached hydrogen (secondary N) is 1. The van der Waals surface area contributed by atoms with Crippen LogP contribution in [-0.2, 0) is 9.59 Å². The molecule has 2 fully saturated rings. The lowest BCUT2D eigenvalue weighted by atomic mass is 10.1. The largest absolute Gasteiger partial charge is 0.494 e. The molecule has 10 heteroatoms. The van der Waals surface area contributed by atoms with E-state index in [0.717, 1.165) is 44.9 Å². The van der Waals surface area contributed by atoms with Gasteiger partial charge in [0.1, 0.15) is 11.8 Å². The second-order valence-corrected chi connectivity index (χ2v) is 11.2. The molecule has 5 rings (SSSR count). The number of ether oxygens (including phenoxy) is 1. The molecule has 0 unspecified atom stereocenters. The van der Waals surface area contributed by atoms with Crippen molar-refractivity contribution in [2.24, 2.45) is 0 Å². The highest BCUT2D eigenvalue weighted by atomic mass is 35.5. The van der Waals surface area contributed by atoms with Crippen molar-refractivity contribution in [3.8, 4) is 5.75 Å². The summed E-state index contributed by atoms with van der Waals surface area (Å²) in [6.45, 7) is 7.84. The molecule has 0 aliphatic carbocycles. The van der Waals surface area contributed by atoms with Crippen LogP contribution in [0.25, 0.3) is 0 Å². The van der Waals surface area contributed by atoms with Crippen LogP contribution in [0.1, 0.15) is 19.8 Å². The zero-order valence-electron chi connectivity index (χ0n) is 23.7. The van der Waals surface area contributed by atoms with Crippen molar-refractivity contribution in [3.05, 3.63) is 83.9 Å². The van der Waals surface area contributed by atoms with Crippen LogP contribution in [-0.4, -0.2) is 78.6 Å². The minimum atomic E-state index is -0.700. The number of hydrogen-bond donors (Lipinski definition) is 1. The number of anilines is 3. The maximum absolute atomic E-state index is 13.7. The minimum absolute atomic E-state index is 0.0149. The van der Waals surface area contributed by atoms with Gasteiger partial charge in [-0.15, -0.1) is 0 Å². The van der Waals surface area contributed by atoms with E-state index in [-0.39, 0.29) is 18.2 Å². The highest BCUT2D eigenvalue weighted by Crippen LogP contribution is 2.29. The number of carbonyl (C=O) groups excluding carboxylic acids is 2. The molecule has 2 aliphatic heterocycles. The summed E-state index contributed by atoms with van der Waals surface area (Å²) >= 11 is 12.1. The summed E-state index contributed by atoms with van der Waals surface area (Å²) in [5.74, 6) is 0.257. The summed E-state index contributed by atoms with van der Waals surface area (Å²) in [5, 5.41) is 3.83. The van der Waals surface area contributed by atoms with Crippen LogP contribution < -0.4 is 19.9 Å². The van der Waals surface area contributed by atoms with Gasteiger partial charge in [-0.25, -0.2) is 0 Å². The second kappa shape index (κ2) is 14.0. The summed E-state index contributed by atoms with van der Waals surface area (Å²) in [4.78, 5) is 35.1. The van der Waals surface area contributed by atoms with Crippen LogP contribution in [0.4, 0.5) is 17.1 Å². The van der Waals surface area contributed by atoms with E-state index >= 15 is 0 Å². The third kappa shape index (κ3) is 7.21. The molecule has 0 aromatic heterocycles.